The molecule has 1 aromatic rings. The molecule has 1 aliphatic carbocycles. The summed E-state index contributed by atoms with van der Waals surface area (Å²) in [5, 5.41) is 11.5. The number of nitrogens with one attached hydrogen (secondary N) is 1. The van der Waals surface area contributed by atoms with Gasteiger partial charge in [-0.1, -0.05) is 0 Å². The molecular formula is C11H10BrNO3. The van der Waals surface area contributed by atoms with Crippen molar-refractivity contribution in [3.8, 4) is 0 Å². The lowest BCUT2D eigenvalue weighted by molar-refractivity contribution is -0.117. The van der Waals surface area contributed by atoms with E-state index in [9.17, 15) is 9.59 Å². The molecule has 1 aliphatic rings. The lowest BCUT2D eigenvalue weighted by Gasteiger charge is -2.07. The summed E-state index contributed by atoms with van der Waals surface area (Å²) in [6.45, 7) is 0. The Morgan fingerprint density at radius 2 is 2.06 bits per heavy atom. The first kappa shape index (κ1) is 11.1. The van der Waals surface area contributed by atoms with Crippen molar-refractivity contribution in [3.05, 3.63) is 28.2 Å². The average molecular weight is 284 g/mol. The molecule has 1 saturated carbocycles. The second kappa shape index (κ2) is 4.25. The molecule has 4 nitrogen and oxygen atoms in total. The minimum atomic E-state index is -0.985. The number of hydrogen-bond acceptors (Lipinski definition) is 2. The van der Waals surface area contributed by atoms with E-state index in [-0.39, 0.29) is 17.4 Å². The molecular weight excluding hydrogens is 274 g/mol. The lowest BCUT2D eigenvalue weighted by Crippen LogP contribution is -2.13. The second-order valence-corrected chi connectivity index (χ2v) is 4.62. The van der Waals surface area contributed by atoms with Gasteiger partial charge in [0.2, 0.25) is 5.91 Å². The van der Waals surface area contributed by atoms with E-state index >= 15 is 0 Å². The van der Waals surface area contributed by atoms with E-state index in [4.69, 9.17) is 5.11 Å². The lowest BCUT2D eigenvalue weighted by atomic mass is 10.2. The van der Waals surface area contributed by atoms with Gasteiger partial charge in [-0.3, -0.25) is 4.79 Å². The predicted octanol–water partition coefficient (Wildman–Crippen LogP) is 2.50. The summed E-state index contributed by atoms with van der Waals surface area (Å²) < 4.78 is 0.585. The Hall–Kier alpha value is -1.36. The van der Waals surface area contributed by atoms with Crippen LogP contribution in [0.2, 0.25) is 0 Å². The molecule has 1 fully saturated rings. The van der Waals surface area contributed by atoms with Gasteiger partial charge in [0.05, 0.1) is 11.3 Å². The molecule has 16 heavy (non-hydrogen) atoms. The van der Waals surface area contributed by atoms with Gasteiger partial charge in [-0.2, -0.15) is 0 Å². The number of amides is 1. The van der Waals surface area contributed by atoms with Crippen molar-refractivity contribution in [2.45, 2.75) is 12.8 Å². The van der Waals surface area contributed by atoms with E-state index in [1.54, 1.807) is 6.07 Å². The molecule has 1 amide bonds. The molecule has 0 aromatic heterocycles. The standard InChI is InChI=1S/C11H10BrNO3/c12-8-5-7(11(15)16)3-4-9(8)13-10(14)6-1-2-6/h3-6H,1-2H2,(H,13,14)(H,15,16). The highest BCUT2D eigenvalue weighted by Crippen LogP contribution is 2.31. The third-order valence-electron chi connectivity index (χ3n) is 2.42. The van der Waals surface area contributed by atoms with Crippen LogP contribution in [0.4, 0.5) is 5.69 Å². The topological polar surface area (TPSA) is 66.4 Å². The quantitative estimate of drug-likeness (QED) is 0.896. The van der Waals surface area contributed by atoms with Crippen molar-refractivity contribution in [1.29, 1.82) is 0 Å². The largest absolute Gasteiger partial charge is 0.478 e. The predicted molar refractivity (Wildman–Crippen MR) is 62.5 cm³/mol. The van der Waals surface area contributed by atoms with E-state index in [0.717, 1.165) is 12.8 Å². The van der Waals surface area contributed by atoms with Crippen LogP contribution in [0.3, 0.4) is 0 Å². The molecule has 0 saturated heterocycles. The summed E-state index contributed by atoms with van der Waals surface area (Å²) in [7, 11) is 0. The maximum Gasteiger partial charge on any atom is 0.335 e. The molecule has 0 bridgehead atoms. The van der Waals surface area contributed by atoms with Crippen molar-refractivity contribution < 1.29 is 14.7 Å². The van der Waals surface area contributed by atoms with Crippen LogP contribution in [-0.2, 0) is 4.79 Å². The molecule has 2 N–H and O–H groups in total. The van der Waals surface area contributed by atoms with E-state index in [1.807, 2.05) is 0 Å². The smallest absolute Gasteiger partial charge is 0.335 e. The van der Waals surface area contributed by atoms with Gasteiger partial charge in [0.15, 0.2) is 0 Å². The Labute approximate surface area is 101 Å². The molecule has 2 rings (SSSR count). The molecule has 84 valence electrons. The summed E-state index contributed by atoms with van der Waals surface area (Å²) >= 11 is 3.24. The summed E-state index contributed by atoms with van der Waals surface area (Å²) in [4.78, 5) is 22.2. The van der Waals surface area contributed by atoms with E-state index in [2.05, 4.69) is 21.2 Å². The normalized spacial score (nSPS) is 14.6. The van der Waals surface area contributed by atoms with Crippen LogP contribution < -0.4 is 5.32 Å². The van der Waals surface area contributed by atoms with Gasteiger partial charge in [-0.05, 0) is 47.0 Å². The highest BCUT2D eigenvalue weighted by Gasteiger charge is 2.29. The van der Waals surface area contributed by atoms with Crippen LogP contribution in [-0.4, -0.2) is 17.0 Å². The molecule has 0 aliphatic heterocycles. The van der Waals surface area contributed by atoms with Crippen molar-refractivity contribution in [2.24, 2.45) is 5.92 Å². The Bertz CT molecular complexity index is 455. The fraction of sp³-hybridized carbons (Fsp3) is 0.273. The Balaban J connectivity index is 2.15. The van der Waals surface area contributed by atoms with Gasteiger partial charge >= 0.3 is 5.97 Å². The SMILES string of the molecule is O=C(O)c1ccc(NC(=O)C2CC2)c(Br)c1. The van der Waals surface area contributed by atoms with E-state index < -0.39 is 5.97 Å². The third-order valence-corrected chi connectivity index (χ3v) is 3.08. The van der Waals surface area contributed by atoms with Crippen LogP contribution in [0, 0.1) is 5.92 Å². The molecule has 1 aromatic carbocycles. The van der Waals surface area contributed by atoms with E-state index in [0.29, 0.717) is 10.2 Å². The first-order chi connectivity index (χ1) is 7.58. The molecule has 0 spiro atoms. The van der Waals surface area contributed by atoms with Gasteiger partial charge < -0.3 is 10.4 Å². The minimum Gasteiger partial charge on any atom is -0.478 e. The molecule has 5 heteroatoms. The maximum atomic E-state index is 11.5. The average Bonchev–Trinajstić information content (AvgIpc) is 3.03. The third kappa shape index (κ3) is 2.41. The zero-order chi connectivity index (χ0) is 11.7. The van der Waals surface area contributed by atoms with Crippen LogP contribution in [0.5, 0.6) is 0 Å². The maximum absolute atomic E-state index is 11.5. The van der Waals surface area contributed by atoms with Crippen LogP contribution in [0.15, 0.2) is 22.7 Å². The van der Waals surface area contributed by atoms with Gasteiger partial charge in [-0.25, -0.2) is 4.79 Å². The number of carbonyl (C=O) groups is 2. The molecule has 0 unspecified atom stereocenters. The fourth-order valence-corrected chi connectivity index (χ4v) is 1.81. The summed E-state index contributed by atoms with van der Waals surface area (Å²) in [5.74, 6) is -0.851. The number of benzene rings is 1. The van der Waals surface area contributed by atoms with Crippen molar-refractivity contribution in [2.75, 3.05) is 5.32 Å². The molecule has 0 heterocycles. The summed E-state index contributed by atoms with van der Waals surface area (Å²) in [6, 6.07) is 4.54. The zero-order valence-corrected chi connectivity index (χ0v) is 9.95. The highest BCUT2D eigenvalue weighted by molar-refractivity contribution is 9.10. The number of halogens is 1. The Morgan fingerprint density at radius 3 is 2.56 bits per heavy atom. The number of carboxylic acid groups (broad SMARTS) is 1. The van der Waals surface area contributed by atoms with Crippen molar-refractivity contribution >= 4 is 33.5 Å². The number of carboxylic acids is 1. The van der Waals surface area contributed by atoms with Gasteiger partial charge in [-0.15, -0.1) is 0 Å². The second-order valence-electron chi connectivity index (χ2n) is 3.76. The van der Waals surface area contributed by atoms with Gasteiger partial charge in [0.25, 0.3) is 0 Å². The van der Waals surface area contributed by atoms with Gasteiger partial charge in [0.1, 0.15) is 0 Å². The minimum absolute atomic E-state index is 0.00350. The fourth-order valence-electron chi connectivity index (χ4n) is 1.33. The monoisotopic (exact) mass is 283 g/mol. The number of rotatable bonds is 3. The summed E-state index contributed by atoms with van der Waals surface area (Å²) in [6.07, 6.45) is 1.88. The summed E-state index contributed by atoms with van der Waals surface area (Å²) in [5.41, 5.74) is 0.804. The molecule has 0 radical (unpaired) electrons. The number of carbonyl (C=O) groups excluding carboxylic acids is 1. The number of aromatic carboxylic acids is 1. The van der Waals surface area contributed by atoms with Gasteiger partial charge in [0, 0.05) is 10.4 Å². The number of hydrogen-bond donors (Lipinski definition) is 2. The zero-order valence-electron chi connectivity index (χ0n) is 8.37. The van der Waals surface area contributed by atoms with E-state index in [1.165, 1.54) is 12.1 Å². The Morgan fingerprint density at radius 1 is 1.38 bits per heavy atom. The van der Waals surface area contributed by atoms with Crippen LogP contribution in [0.25, 0.3) is 0 Å². The van der Waals surface area contributed by atoms with Crippen molar-refractivity contribution in [3.63, 3.8) is 0 Å². The van der Waals surface area contributed by atoms with Crippen LogP contribution >= 0.6 is 15.9 Å². The first-order valence-corrected chi connectivity index (χ1v) is 5.71. The highest BCUT2D eigenvalue weighted by atomic mass is 79.9. The number of anilines is 1. The van der Waals surface area contributed by atoms with Crippen molar-refractivity contribution in [1.82, 2.24) is 0 Å². The Kier molecular flexibility index (Phi) is 2.96. The first-order valence-electron chi connectivity index (χ1n) is 4.91. The van der Waals surface area contributed by atoms with Crippen LogP contribution in [0.1, 0.15) is 23.2 Å². The molecule has 0 atom stereocenters.